The molecule has 5 nitrogen and oxygen atoms in total. The van der Waals surface area contributed by atoms with Gasteiger partial charge in [-0.25, -0.2) is 4.68 Å². The van der Waals surface area contributed by atoms with Gasteiger partial charge < -0.3 is 11.1 Å². The van der Waals surface area contributed by atoms with E-state index < -0.39 is 0 Å². The fraction of sp³-hybridized carbons (Fsp3) is 0.474. The second-order valence-corrected chi connectivity index (χ2v) is 7.02. The quantitative estimate of drug-likeness (QED) is 0.907. The monoisotopic (exact) mass is 324 g/mol. The fourth-order valence-corrected chi connectivity index (χ4v) is 4.13. The Hall–Kier alpha value is -2.14. The molecule has 0 atom stereocenters. The van der Waals surface area contributed by atoms with Crippen molar-refractivity contribution in [2.75, 3.05) is 6.54 Å². The van der Waals surface area contributed by atoms with E-state index in [2.05, 4.69) is 10.4 Å². The number of hydrogen-bond donors (Lipinski definition) is 2. The molecule has 24 heavy (non-hydrogen) atoms. The summed E-state index contributed by atoms with van der Waals surface area (Å²) in [7, 11) is 0. The molecule has 2 aliphatic carbocycles. The first-order valence-electron chi connectivity index (χ1n) is 8.91. The number of amides is 1. The van der Waals surface area contributed by atoms with E-state index in [1.165, 1.54) is 5.69 Å². The predicted molar refractivity (Wildman–Crippen MR) is 93.3 cm³/mol. The smallest absolute Gasteiger partial charge is 0.272 e. The Morgan fingerprint density at radius 2 is 1.92 bits per heavy atom. The Morgan fingerprint density at radius 3 is 2.62 bits per heavy atom. The first kappa shape index (κ1) is 15.4. The van der Waals surface area contributed by atoms with Crippen molar-refractivity contribution >= 4 is 5.91 Å². The zero-order valence-electron chi connectivity index (χ0n) is 13.9. The molecule has 1 aromatic carbocycles. The van der Waals surface area contributed by atoms with Crippen LogP contribution >= 0.6 is 0 Å². The molecule has 2 aromatic rings. The number of hydrogen-bond acceptors (Lipinski definition) is 3. The SMILES string of the molecule is NCC1(NC(=O)c2nn(-c3ccccc3)c3c2CCC3)CCCC1. The summed E-state index contributed by atoms with van der Waals surface area (Å²) in [6.07, 6.45) is 7.20. The molecular weight excluding hydrogens is 300 g/mol. The molecule has 0 aliphatic heterocycles. The standard InChI is InChI=1S/C19H24N4O/c20-13-19(11-4-5-12-19)21-18(24)17-15-9-6-10-16(15)23(22-17)14-7-2-1-3-8-14/h1-3,7-8H,4-6,9-13,20H2,(H,21,24). The van der Waals surface area contributed by atoms with E-state index >= 15 is 0 Å². The average Bonchev–Trinajstić information content (AvgIpc) is 3.32. The van der Waals surface area contributed by atoms with Gasteiger partial charge >= 0.3 is 0 Å². The summed E-state index contributed by atoms with van der Waals surface area (Å²) in [6, 6.07) is 10.1. The third kappa shape index (κ3) is 2.53. The van der Waals surface area contributed by atoms with Crippen LogP contribution in [0.4, 0.5) is 0 Å². The minimum absolute atomic E-state index is 0.0600. The van der Waals surface area contributed by atoms with Crippen molar-refractivity contribution in [1.29, 1.82) is 0 Å². The molecule has 1 saturated carbocycles. The maximum absolute atomic E-state index is 12.9. The molecule has 0 radical (unpaired) electrons. The first-order valence-corrected chi connectivity index (χ1v) is 8.91. The van der Waals surface area contributed by atoms with Crippen molar-refractivity contribution in [2.45, 2.75) is 50.5 Å². The van der Waals surface area contributed by atoms with Gasteiger partial charge in [-0.05, 0) is 44.2 Å². The van der Waals surface area contributed by atoms with Crippen LogP contribution in [0, 0.1) is 0 Å². The van der Waals surface area contributed by atoms with E-state index in [1.807, 2.05) is 35.0 Å². The molecule has 1 aromatic heterocycles. The largest absolute Gasteiger partial charge is 0.344 e. The van der Waals surface area contributed by atoms with E-state index in [-0.39, 0.29) is 11.4 Å². The van der Waals surface area contributed by atoms with Crippen LogP contribution in [0.3, 0.4) is 0 Å². The lowest BCUT2D eigenvalue weighted by atomic mass is 9.97. The van der Waals surface area contributed by atoms with Crippen molar-refractivity contribution in [3.63, 3.8) is 0 Å². The summed E-state index contributed by atoms with van der Waals surface area (Å²) in [6.45, 7) is 0.500. The molecule has 5 heteroatoms. The molecule has 3 N–H and O–H groups in total. The van der Waals surface area contributed by atoms with Gasteiger partial charge in [0.05, 0.1) is 11.2 Å². The van der Waals surface area contributed by atoms with E-state index in [9.17, 15) is 4.79 Å². The van der Waals surface area contributed by atoms with Gasteiger partial charge in [-0.1, -0.05) is 31.0 Å². The number of carbonyl (C=O) groups excluding carboxylic acids is 1. The van der Waals surface area contributed by atoms with Crippen molar-refractivity contribution in [2.24, 2.45) is 5.73 Å². The second-order valence-electron chi connectivity index (χ2n) is 7.02. The van der Waals surface area contributed by atoms with Crippen molar-refractivity contribution in [3.05, 3.63) is 47.3 Å². The van der Waals surface area contributed by atoms with E-state index in [0.29, 0.717) is 12.2 Å². The topological polar surface area (TPSA) is 72.9 Å². The average molecular weight is 324 g/mol. The molecule has 0 unspecified atom stereocenters. The Balaban J connectivity index is 1.68. The van der Waals surface area contributed by atoms with Crippen molar-refractivity contribution in [3.8, 4) is 5.69 Å². The maximum atomic E-state index is 12.9. The zero-order chi connectivity index (χ0) is 16.6. The summed E-state index contributed by atoms with van der Waals surface area (Å²) in [4.78, 5) is 12.9. The normalized spacial score (nSPS) is 18.5. The highest BCUT2D eigenvalue weighted by Crippen LogP contribution is 2.31. The number of benzene rings is 1. The first-order chi connectivity index (χ1) is 11.7. The van der Waals surface area contributed by atoms with Gasteiger partial charge in [0.15, 0.2) is 5.69 Å². The minimum atomic E-state index is -0.237. The Labute approximate surface area is 142 Å². The van der Waals surface area contributed by atoms with Gasteiger partial charge in [0.25, 0.3) is 5.91 Å². The van der Waals surface area contributed by atoms with Crippen LogP contribution in [0.5, 0.6) is 0 Å². The Bertz CT molecular complexity index is 744. The Morgan fingerprint density at radius 1 is 1.17 bits per heavy atom. The lowest BCUT2D eigenvalue weighted by molar-refractivity contribution is 0.0896. The fourth-order valence-electron chi connectivity index (χ4n) is 4.13. The van der Waals surface area contributed by atoms with Crippen molar-refractivity contribution < 1.29 is 4.79 Å². The molecule has 0 saturated heterocycles. The highest BCUT2D eigenvalue weighted by atomic mass is 16.2. The molecule has 126 valence electrons. The van der Waals surface area contributed by atoms with Gasteiger partial charge in [0, 0.05) is 17.8 Å². The lowest BCUT2D eigenvalue weighted by Gasteiger charge is -2.28. The van der Waals surface area contributed by atoms with Gasteiger partial charge in [-0.2, -0.15) is 5.10 Å². The van der Waals surface area contributed by atoms with Crippen LogP contribution in [-0.2, 0) is 12.8 Å². The van der Waals surface area contributed by atoms with Crippen LogP contribution in [-0.4, -0.2) is 27.8 Å². The number of rotatable bonds is 4. The number of nitrogens with two attached hydrogens (primary N) is 1. The third-order valence-corrected chi connectivity index (χ3v) is 5.48. The lowest BCUT2D eigenvalue weighted by Crippen LogP contribution is -2.51. The summed E-state index contributed by atoms with van der Waals surface area (Å²) < 4.78 is 1.95. The van der Waals surface area contributed by atoms with Gasteiger partial charge in [0.2, 0.25) is 0 Å². The summed E-state index contributed by atoms with van der Waals surface area (Å²) in [5, 5.41) is 7.89. The minimum Gasteiger partial charge on any atom is -0.344 e. The highest BCUT2D eigenvalue weighted by molar-refractivity contribution is 5.94. The third-order valence-electron chi connectivity index (χ3n) is 5.48. The number of para-hydroxylation sites is 1. The molecule has 0 spiro atoms. The molecular formula is C19H24N4O. The van der Waals surface area contributed by atoms with Crippen LogP contribution < -0.4 is 11.1 Å². The summed E-state index contributed by atoms with van der Waals surface area (Å²) >= 11 is 0. The molecule has 2 aliphatic rings. The molecule has 0 bridgehead atoms. The van der Waals surface area contributed by atoms with Gasteiger partial charge in [0.1, 0.15) is 0 Å². The van der Waals surface area contributed by atoms with Gasteiger partial charge in [-0.15, -0.1) is 0 Å². The maximum Gasteiger partial charge on any atom is 0.272 e. The van der Waals surface area contributed by atoms with Crippen molar-refractivity contribution in [1.82, 2.24) is 15.1 Å². The predicted octanol–water partition coefficient (Wildman–Crippen LogP) is 2.36. The van der Waals surface area contributed by atoms with Crippen LogP contribution in [0.15, 0.2) is 30.3 Å². The molecule has 1 heterocycles. The van der Waals surface area contributed by atoms with Crippen LogP contribution in [0.1, 0.15) is 53.8 Å². The number of aromatic nitrogens is 2. The number of fused-ring (bicyclic) bond motifs is 1. The van der Waals surface area contributed by atoms with E-state index in [0.717, 1.165) is 56.2 Å². The second kappa shape index (κ2) is 6.06. The Kier molecular flexibility index (Phi) is 3.88. The number of carbonyl (C=O) groups is 1. The summed E-state index contributed by atoms with van der Waals surface area (Å²) in [5.74, 6) is -0.0600. The highest BCUT2D eigenvalue weighted by Gasteiger charge is 2.36. The van der Waals surface area contributed by atoms with Gasteiger partial charge in [-0.3, -0.25) is 4.79 Å². The summed E-state index contributed by atoms with van der Waals surface area (Å²) in [5.41, 5.74) is 9.63. The van der Waals surface area contributed by atoms with E-state index in [1.54, 1.807) is 0 Å². The van der Waals surface area contributed by atoms with Crippen LogP contribution in [0.25, 0.3) is 5.69 Å². The van der Waals surface area contributed by atoms with Crippen LogP contribution in [0.2, 0.25) is 0 Å². The number of nitrogens with one attached hydrogen (secondary N) is 1. The zero-order valence-corrected chi connectivity index (χ0v) is 13.9. The molecule has 1 amide bonds. The molecule has 4 rings (SSSR count). The molecule has 1 fully saturated rings. The van der Waals surface area contributed by atoms with E-state index in [4.69, 9.17) is 5.73 Å². The number of nitrogens with zero attached hydrogens (tertiary/aromatic N) is 2.